The predicted molar refractivity (Wildman–Crippen MR) is 87.9 cm³/mol. The molecule has 1 unspecified atom stereocenters. The Balaban J connectivity index is 1.56. The van der Waals surface area contributed by atoms with Gasteiger partial charge in [0.2, 0.25) is 0 Å². The van der Waals surface area contributed by atoms with Crippen molar-refractivity contribution in [2.45, 2.75) is 36.6 Å². The summed E-state index contributed by atoms with van der Waals surface area (Å²) in [5.41, 5.74) is 0.824. The number of nitrogens with zero attached hydrogens (tertiary/aromatic N) is 1. The van der Waals surface area contributed by atoms with Crippen molar-refractivity contribution in [3.8, 4) is 0 Å². The maximum absolute atomic E-state index is 12.5. The fraction of sp³-hybridized carbons (Fsp3) is 0.588. The molecular formula is C17H24N2OS. The largest absolute Gasteiger partial charge is 0.339 e. The van der Waals surface area contributed by atoms with Crippen molar-refractivity contribution in [3.05, 3.63) is 29.8 Å². The van der Waals surface area contributed by atoms with Gasteiger partial charge in [-0.25, -0.2) is 0 Å². The van der Waals surface area contributed by atoms with Crippen molar-refractivity contribution in [3.63, 3.8) is 0 Å². The van der Waals surface area contributed by atoms with Crippen LogP contribution in [-0.2, 0) is 0 Å². The van der Waals surface area contributed by atoms with E-state index in [-0.39, 0.29) is 5.91 Å². The van der Waals surface area contributed by atoms with Gasteiger partial charge in [0.05, 0.1) is 0 Å². The van der Waals surface area contributed by atoms with Crippen LogP contribution in [0.3, 0.4) is 0 Å². The molecular weight excluding hydrogens is 280 g/mol. The number of nitrogens with one attached hydrogen (secondary N) is 1. The summed E-state index contributed by atoms with van der Waals surface area (Å²) >= 11 is 1.71. The minimum atomic E-state index is 0.195. The van der Waals surface area contributed by atoms with Gasteiger partial charge in [-0.05, 0) is 68.7 Å². The van der Waals surface area contributed by atoms with Gasteiger partial charge in [-0.1, -0.05) is 0 Å². The van der Waals surface area contributed by atoms with Crippen molar-refractivity contribution in [1.82, 2.24) is 10.2 Å². The summed E-state index contributed by atoms with van der Waals surface area (Å²) in [6, 6.07) is 8.68. The highest BCUT2D eigenvalue weighted by Gasteiger charge is 2.30. The second-order valence-electron chi connectivity index (χ2n) is 6.06. The molecule has 21 heavy (non-hydrogen) atoms. The fourth-order valence-corrected chi connectivity index (χ4v) is 3.94. The highest BCUT2D eigenvalue weighted by molar-refractivity contribution is 7.98. The van der Waals surface area contributed by atoms with Gasteiger partial charge in [0.15, 0.2) is 0 Å². The summed E-state index contributed by atoms with van der Waals surface area (Å²) in [4.78, 5) is 15.8. The number of carbonyl (C=O) groups is 1. The third-order valence-electron chi connectivity index (χ3n) is 4.83. The average molecular weight is 304 g/mol. The number of carbonyl (C=O) groups excluding carboxylic acids is 1. The summed E-state index contributed by atoms with van der Waals surface area (Å²) in [6.45, 7) is 2.99. The van der Waals surface area contributed by atoms with Gasteiger partial charge in [-0.15, -0.1) is 11.8 Å². The van der Waals surface area contributed by atoms with Crippen LogP contribution in [0.1, 0.15) is 36.0 Å². The molecule has 1 aromatic rings. The lowest BCUT2D eigenvalue weighted by Crippen LogP contribution is -2.43. The molecule has 1 N–H and O–H groups in total. The zero-order valence-electron chi connectivity index (χ0n) is 12.7. The lowest BCUT2D eigenvalue weighted by Gasteiger charge is -2.35. The summed E-state index contributed by atoms with van der Waals surface area (Å²) in [7, 11) is 0. The Morgan fingerprint density at radius 3 is 2.48 bits per heavy atom. The number of benzene rings is 1. The summed E-state index contributed by atoms with van der Waals surface area (Å²) in [5, 5.41) is 3.61. The Bertz CT molecular complexity index is 474. The molecule has 2 fully saturated rings. The van der Waals surface area contributed by atoms with Crippen molar-refractivity contribution in [1.29, 1.82) is 0 Å². The number of thioether (sulfide) groups is 1. The van der Waals surface area contributed by atoms with Gasteiger partial charge in [-0.2, -0.15) is 0 Å². The van der Waals surface area contributed by atoms with E-state index in [1.165, 1.54) is 24.3 Å². The summed E-state index contributed by atoms with van der Waals surface area (Å²) in [5.74, 6) is 0.955. The molecule has 1 atom stereocenters. The first-order chi connectivity index (χ1) is 10.3. The minimum Gasteiger partial charge on any atom is -0.339 e. The van der Waals surface area contributed by atoms with Crippen LogP contribution < -0.4 is 5.32 Å². The summed E-state index contributed by atoms with van der Waals surface area (Å²) < 4.78 is 0. The van der Waals surface area contributed by atoms with Crippen LogP contribution in [0.2, 0.25) is 0 Å². The van der Waals surface area contributed by atoms with E-state index in [1.807, 2.05) is 29.2 Å². The van der Waals surface area contributed by atoms with E-state index in [4.69, 9.17) is 0 Å². The van der Waals surface area contributed by atoms with Gasteiger partial charge in [0, 0.05) is 29.6 Å². The van der Waals surface area contributed by atoms with Crippen molar-refractivity contribution in [2.75, 3.05) is 25.9 Å². The SMILES string of the molecule is CSc1ccc(C(=O)N2CCC(C3CCCN3)CC2)cc1. The zero-order valence-corrected chi connectivity index (χ0v) is 13.5. The highest BCUT2D eigenvalue weighted by atomic mass is 32.2. The first-order valence-electron chi connectivity index (χ1n) is 7.94. The number of amides is 1. The van der Waals surface area contributed by atoms with Crippen LogP contribution >= 0.6 is 11.8 Å². The molecule has 2 aliphatic heterocycles. The first-order valence-corrected chi connectivity index (χ1v) is 9.17. The van der Waals surface area contributed by atoms with Crippen LogP contribution in [0.5, 0.6) is 0 Å². The lowest BCUT2D eigenvalue weighted by atomic mass is 9.88. The van der Waals surface area contributed by atoms with Gasteiger partial charge < -0.3 is 10.2 Å². The third-order valence-corrected chi connectivity index (χ3v) is 5.57. The van der Waals surface area contributed by atoms with Crippen LogP contribution in [0.15, 0.2) is 29.2 Å². The normalized spacial score (nSPS) is 23.5. The lowest BCUT2D eigenvalue weighted by molar-refractivity contribution is 0.0674. The monoisotopic (exact) mass is 304 g/mol. The first kappa shape index (κ1) is 14.9. The van der Waals surface area contributed by atoms with E-state index in [1.54, 1.807) is 11.8 Å². The topological polar surface area (TPSA) is 32.3 Å². The van der Waals surface area contributed by atoms with Crippen molar-refractivity contribution >= 4 is 17.7 Å². The predicted octanol–water partition coefficient (Wildman–Crippen LogP) is 3.01. The molecule has 0 aromatic heterocycles. The number of hydrogen-bond acceptors (Lipinski definition) is 3. The van der Waals surface area contributed by atoms with Gasteiger partial charge >= 0.3 is 0 Å². The standard InChI is InChI=1S/C17H24N2OS/c1-21-15-6-4-14(5-7-15)17(20)19-11-8-13(9-12-19)16-3-2-10-18-16/h4-7,13,16,18H,2-3,8-12H2,1H3. The molecule has 1 aromatic carbocycles. The molecule has 0 radical (unpaired) electrons. The molecule has 0 spiro atoms. The Morgan fingerprint density at radius 1 is 1.19 bits per heavy atom. The Labute approximate surface area is 131 Å². The van der Waals surface area contributed by atoms with Crippen molar-refractivity contribution in [2.24, 2.45) is 5.92 Å². The van der Waals surface area contributed by atoms with E-state index in [9.17, 15) is 4.79 Å². The fourth-order valence-electron chi connectivity index (χ4n) is 3.53. The second kappa shape index (κ2) is 6.84. The molecule has 0 saturated carbocycles. The van der Waals surface area contributed by atoms with Gasteiger partial charge in [0.25, 0.3) is 5.91 Å². The van der Waals surface area contributed by atoms with Crippen LogP contribution in [0.25, 0.3) is 0 Å². The van der Waals surface area contributed by atoms with Crippen molar-refractivity contribution < 1.29 is 4.79 Å². The molecule has 0 aliphatic carbocycles. The Hall–Kier alpha value is -1.00. The van der Waals surface area contributed by atoms with Gasteiger partial charge in [-0.3, -0.25) is 4.79 Å². The molecule has 2 aliphatic rings. The molecule has 114 valence electrons. The molecule has 4 heteroatoms. The molecule has 3 nitrogen and oxygen atoms in total. The zero-order chi connectivity index (χ0) is 14.7. The highest BCUT2D eigenvalue weighted by Crippen LogP contribution is 2.26. The van der Waals surface area contributed by atoms with E-state index < -0.39 is 0 Å². The minimum absolute atomic E-state index is 0.195. The third kappa shape index (κ3) is 3.43. The molecule has 3 rings (SSSR count). The van der Waals surface area contributed by atoms with E-state index in [0.29, 0.717) is 6.04 Å². The smallest absolute Gasteiger partial charge is 0.253 e. The quantitative estimate of drug-likeness (QED) is 0.871. The van der Waals surface area contributed by atoms with E-state index in [0.717, 1.165) is 37.4 Å². The second-order valence-corrected chi connectivity index (χ2v) is 6.94. The average Bonchev–Trinajstić information content (AvgIpc) is 3.09. The van der Waals surface area contributed by atoms with E-state index >= 15 is 0 Å². The maximum atomic E-state index is 12.5. The molecule has 0 bridgehead atoms. The molecule has 2 heterocycles. The van der Waals surface area contributed by atoms with Crippen LogP contribution in [-0.4, -0.2) is 42.7 Å². The number of likely N-dealkylation sites (tertiary alicyclic amines) is 1. The summed E-state index contributed by atoms with van der Waals surface area (Å²) in [6.07, 6.45) is 6.97. The van der Waals surface area contributed by atoms with Gasteiger partial charge in [0.1, 0.15) is 0 Å². The number of rotatable bonds is 3. The van der Waals surface area contributed by atoms with Crippen LogP contribution in [0.4, 0.5) is 0 Å². The van der Waals surface area contributed by atoms with E-state index in [2.05, 4.69) is 11.6 Å². The Morgan fingerprint density at radius 2 is 1.90 bits per heavy atom. The van der Waals surface area contributed by atoms with Crippen LogP contribution in [0, 0.1) is 5.92 Å². The number of piperidine rings is 1. The maximum Gasteiger partial charge on any atom is 0.253 e. The number of hydrogen-bond donors (Lipinski definition) is 1. The molecule has 2 saturated heterocycles. The Kier molecular flexibility index (Phi) is 4.86. The molecule has 1 amide bonds.